The van der Waals surface area contributed by atoms with Gasteiger partial charge >= 0.3 is 0 Å². The van der Waals surface area contributed by atoms with Gasteiger partial charge < -0.3 is 9.67 Å². The Kier molecular flexibility index (Phi) is 7.26. The van der Waals surface area contributed by atoms with E-state index >= 15 is 0 Å². The number of aliphatic hydroxyl groups excluding tert-OH is 1. The molecule has 0 radical (unpaired) electrons. The molecule has 1 aromatic rings. The molecule has 1 aliphatic carbocycles. The number of nitrogens with zero attached hydrogens (tertiary/aromatic N) is 2. The number of imidazole rings is 1. The maximum Gasteiger partial charge on any atom is 0.0953 e. The van der Waals surface area contributed by atoms with Crippen molar-refractivity contribution in [1.29, 1.82) is 0 Å². The van der Waals surface area contributed by atoms with E-state index in [1.54, 1.807) is 11.8 Å². The number of hydrogen-bond acceptors (Lipinski definition) is 3. The van der Waals surface area contributed by atoms with Gasteiger partial charge in [0.25, 0.3) is 0 Å². The van der Waals surface area contributed by atoms with Crippen LogP contribution in [0.4, 0.5) is 0 Å². The Labute approximate surface area is 138 Å². The van der Waals surface area contributed by atoms with Crippen LogP contribution in [-0.4, -0.2) is 20.8 Å². The highest BCUT2D eigenvalue weighted by Crippen LogP contribution is 2.30. The summed E-state index contributed by atoms with van der Waals surface area (Å²) in [5.41, 5.74) is 1.10. The Morgan fingerprint density at radius 3 is 2.86 bits per heavy atom. The third-order valence-corrected chi connectivity index (χ3v) is 5.20. The van der Waals surface area contributed by atoms with Crippen LogP contribution in [-0.2, 0) is 0 Å². The van der Waals surface area contributed by atoms with Crippen LogP contribution >= 0.6 is 11.8 Å². The molecular formula is C18H28N2OS. The molecule has 0 amide bonds. The van der Waals surface area contributed by atoms with Gasteiger partial charge in [-0.3, -0.25) is 0 Å². The number of aliphatic hydroxyl groups is 1. The van der Waals surface area contributed by atoms with E-state index in [-0.39, 0.29) is 12.1 Å². The maximum atomic E-state index is 10.5. The zero-order valence-corrected chi connectivity index (χ0v) is 14.5. The molecule has 22 heavy (non-hydrogen) atoms. The number of allylic oxidation sites excluding steroid dienone is 1. The molecule has 1 N–H and O–H groups in total. The first-order chi connectivity index (χ1) is 10.7. The molecule has 1 fully saturated rings. The molecule has 3 nitrogen and oxygen atoms in total. The van der Waals surface area contributed by atoms with E-state index in [0.29, 0.717) is 5.92 Å². The first-order valence-corrected chi connectivity index (χ1v) is 9.29. The molecule has 0 saturated heterocycles. The molecule has 0 aromatic carbocycles. The number of rotatable bonds is 7. The second kappa shape index (κ2) is 9.21. The van der Waals surface area contributed by atoms with Crippen LogP contribution in [0.15, 0.2) is 29.4 Å². The molecule has 1 saturated carbocycles. The van der Waals surface area contributed by atoms with Crippen molar-refractivity contribution < 1.29 is 5.11 Å². The van der Waals surface area contributed by atoms with Gasteiger partial charge in [0.2, 0.25) is 0 Å². The number of hydrogen-bond donors (Lipinski definition) is 1. The lowest BCUT2D eigenvalue weighted by Crippen LogP contribution is -2.26. The summed E-state index contributed by atoms with van der Waals surface area (Å²) in [6, 6.07) is 0.269. The van der Waals surface area contributed by atoms with Crippen LogP contribution in [0.5, 0.6) is 0 Å². The summed E-state index contributed by atoms with van der Waals surface area (Å²) < 4.78 is 2.17. The molecule has 2 atom stereocenters. The smallest absolute Gasteiger partial charge is 0.0953 e. The van der Waals surface area contributed by atoms with Gasteiger partial charge in [0.15, 0.2) is 0 Å². The van der Waals surface area contributed by atoms with Crippen molar-refractivity contribution in [3.63, 3.8) is 0 Å². The van der Waals surface area contributed by atoms with Gasteiger partial charge in [-0.2, -0.15) is 0 Å². The molecule has 1 heterocycles. The molecule has 0 bridgehead atoms. The number of aromatic nitrogens is 2. The topological polar surface area (TPSA) is 38.0 Å². The zero-order chi connectivity index (χ0) is 15.8. The second-order valence-corrected chi connectivity index (χ2v) is 7.00. The lowest BCUT2D eigenvalue weighted by atomic mass is 9.83. The van der Waals surface area contributed by atoms with Gasteiger partial charge in [-0.25, -0.2) is 4.98 Å². The molecule has 122 valence electrons. The zero-order valence-electron chi connectivity index (χ0n) is 13.7. The van der Waals surface area contributed by atoms with Crippen molar-refractivity contribution in [2.24, 2.45) is 5.92 Å². The van der Waals surface area contributed by atoms with E-state index in [1.165, 1.54) is 32.1 Å². The second-order valence-electron chi connectivity index (χ2n) is 6.18. The molecule has 2 unspecified atom stereocenters. The monoisotopic (exact) mass is 320 g/mol. The summed E-state index contributed by atoms with van der Waals surface area (Å²) in [6.07, 6.45) is 14.7. The van der Waals surface area contributed by atoms with E-state index in [9.17, 15) is 5.11 Å². The van der Waals surface area contributed by atoms with Crippen molar-refractivity contribution in [2.45, 2.75) is 64.5 Å². The summed E-state index contributed by atoms with van der Waals surface area (Å²) in [5.74, 6) is 0.490. The van der Waals surface area contributed by atoms with Gasteiger partial charge in [0.05, 0.1) is 24.3 Å². The van der Waals surface area contributed by atoms with Crippen LogP contribution in [0.3, 0.4) is 0 Å². The molecule has 0 aliphatic heterocycles. The summed E-state index contributed by atoms with van der Waals surface area (Å²) in [5, 5.41) is 14.6. The number of thioether (sulfide) groups is 1. The highest BCUT2D eigenvalue weighted by Gasteiger charge is 2.24. The molecular weight excluding hydrogens is 292 g/mol. The SMILES string of the molecule is C/C=C\S/C=C/c1cncn1C(C)CC(O)C1CCCCC1. The van der Waals surface area contributed by atoms with Crippen LogP contribution in [0.1, 0.15) is 64.1 Å². The van der Waals surface area contributed by atoms with Crippen LogP contribution in [0.25, 0.3) is 6.08 Å². The Balaban J connectivity index is 1.93. The third kappa shape index (κ3) is 5.03. The van der Waals surface area contributed by atoms with E-state index in [4.69, 9.17) is 0 Å². The molecule has 2 rings (SSSR count). The van der Waals surface area contributed by atoms with Crippen LogP contribution in [0.2, 0.25) is 0 Å². The van der Waals surface area contributed by atoms with Gasteiger partial charge in [-0.15, -0.1) is 11.8 Å². The fraction of sp³-hybridized carbons (Fsp3) is 0.611. The first kappa shape index (κ1) is 17.4. The minimum absolute atomic E-state index is 0.188. The van der Waals surface area contributed by atoms with Crippen molar-refractivity contribution in [3.05, 3.63) is 35.1 Å². The van der Waals surface area contributed by atoms with Gasteiger partial charge in [-0.1, -0.05) is 25.3 Å². The Morgan fingerprint density at radius 1 is 1.36 bits per heavy atom. The quantitative estimate of drug-likeness (QED) is 0.767. The van der Waals surface area contributed by atoms with Gasteiger partial charge in [-0.05, 0) is 55.9 Å². The van der Waals surface area contributed by atoms with Crippen molar-refractivity contribution >= 4 is 17.8 Å². The molecule has 4 heteroatoms. The van der Waals surface area contributed by atoms with Gasteiger partial charge in [0, 0.05) is 6.04 Å². The predicted molar refractivity (Wildman–Crippen MR) is 95.6 cm³/mol. The molecule has 1 aromatic heterocycles. The minimum Gasteiger partial charge on any atom is -0.393 e. The van der Waals surface area contributed by atoms with E-state index < -0.39 is 0 Å². The fourth-order valence-electron chi connectivity index (χ4n) is 3.22. The van der Waals surface area contributed by atoms with E-state index in [0.717, 1.165) is 12.1 Å². The van der Waals surface area contributed by atoms with E-state index in [1.807, 2.05) is 30.9 Å². The predicted octanol–water partition coefficient (Wildman–Crippen LogP) is 5.01. The van der Waals surface area contributed by atoms with Crippen molar-refractivity contribution in [3.8, 4) is 0 Å². The maximum absolute atomic E-state index is 10.5. The summed E-state index contributed by atoms with van der Waals surface area (Å²) in [4.78, 5) is 4.26. The fourth-order valence-corrected chi connectivity index (χ4v) is 3.69. The minimum atomic E-state index is -0.188. The average molecular weight is 321 g/mol. The highest BCUT2D eigenvalue weighted by atomic mass is 32.2. The molecule has 1 aliphatic rings. The third-order valence-electron chi connectivity index (χ3n) is 4.48. The summed E-state index contributed by atoms with van der Waals surface area (Å²) in [7, 11) is 0. The largest absolute Gasteiger partial charge is 0.393 e. The standard InChI is InChI=1S/C18H28N2OS/c1-3-10-22-11-9-17-13-19-14-20(17)15(2)12-18(21)16-7-5-4-6-8-16/h3,9-11,13-16,18,21H,4-8,12H2,1-2H3/b10-3-,11-9+. The Bertz CT molecular complexity index is 489. The van der Waals surface area contributed by atoms with Gasteiger partial charge in [0.1, 0.15) is 0 Å². The molecule has 0 spiro atoms. The highest BCUT2D eigenvalue weighted by molar-refractivity contribution is 8.05. The first-order valence-electron chi connectivity index (χ1n) is 8.35. The lowest BCUT2D eigenvalue weighted by molar-refractivity contribution is 0.0656. The Hall–Kier alpha value is -1.00. The van der Waals surface area contributed by atoms with Crippen molar-refractivity contribution in [1.82, 2.24) is 9.55 Å². The average Bonchev–Trinajstić information content (AvgIpc) is 3.01. The normalized spacial score (nSPS) is 20.0. The lowest BCUT2D eigenvalue weighted by Gasteiger charge is -2.29. The summed E-state index contributed by atoms with van der Waals surface area (Å²) in [6.45, 7) is 4.18. The van der Waals surface area contributed by atoms with Crippen molar-refractivity contribution in [2.75, 3.05) is 0 Å². The van der Waals surface area contributed by atoms with Crippen LogP contribution < -0.4 is 0 Å². The summed E-state index contributed by atoms with van der Waals surface area (Å²) >= 11 is 1.66. The Morgan fingerprint density at radius 2 is 2.14 bits per heavy atom. The van der Waals surface area contributed by atoms with Crippen LogP contribution in [0, 0.1) is 5.92 Å². The van der Waals surface area contributed by atoms with E-state index in [2.05, 4.69) is 28.0 Å².